The molecule has 134 valence electrons. The number of amides is 1. The van der Waals surface area contributed by atoms with Crippen LogP contribution in [0, 0.1) is 0 Å². The Bertz CT molecular complexity index is 656. The summed E-state index contributed by atoms with van der Waals surface area (Å²) in [5.41, 5.74) is 2.81. The Morgan fingerprint density at radius 1 is 1.00 bits per heavy atom. The number of aliphatic hydroxyl groups is 1. The fourth-order valence-electron chi connectivity index (χ4n) is 2.71. The molecule has 5 nitrogen and oxygen atoms in total. The van der Waals surface area contributed by atoms with Crippen LogP contribution in [-0.2, 0) is 27.1 Å². The minimum absolute atomic E-state index is 0.137. The number of hydrogen-bond donors (Lipinski definition) is 2. The molecule has 2 aromatic rings. The fourth-order valence-corrected chi connectivity index (χ4v) is 2.71. The van der Waals surface area contributed by atoms with Crippen LogP contribution in [0.1, 0.15) is 22.7 Å². The van der Waals surface area contributed by atoms with E-state index in [0.717, 1.165) is 16.7 Å². The van der Waals surface area contributed by atoms with Gasteiger partial charge in [-0.15, -0.1) is 0 Å². The first-order valence-electron chi connectivity index (χ1n) is 8.25. The van der Waals surface area contributed by atoms with Gasteiger partial charge in [0.2, 0.25) is 5.91 Å². The van der Waals surface area contributed by atoms with E-state index in [2.05, 4.69) is 5.32 Å². The zero-order valence-corrected chi connectivity index (χ0v) is 14.6. The second-order valence-electron chi connectivity index (χ2n) is 5.76. The topological polar surface area (TPSA) is 67.8 Å². The molecular weight excluding hydrogens is 318 g/mol. The Hall–Kier alpha value is -2.21. The van der Waals surface area contributed by atoms with Crippen molar-refractivity contribution in [1.82, 2.24) is 5.32 Å². The average molecular weight is 343 g/mol. The molecule has 0 fully saturated rings. The highest BCUT2D eigenvalue weighted by molar-refractivity contribution is 5.79. The van der Waals surface area contributed by atoms with Gasteiger partial charge in [-0.1, -0.05) is 54.6 Å². The first-order valence-corrected chi connectivity index (χ1v) is 8.25. The van der Waals surface area contributed by atoms with Crippen LogP contribution in [0.15, 0.2) is 54.6 Å². The summed E-state index contributed by atoms with van der Waals surface area (Å²) in [4.78, 5) is 12.4. The van der Waals surface area contributed by atoms with Crippen LogP contribution in [-0.4, -0.2) is 38.1 Å². The number of methoxy groups -OCH3 is 2. The molecule has 0 radical (unpaired) electrons. The van der Waals surface area contributed by atoms with E-state index in [4.69, 9.17) is 9.47 Å². The van der Waals surface area contributed by atoms with E-state index in [-0.39, 0.29) is 25.2 Å². The molecule has 0 unspecified atom stereocenters. The van der Waals surface area contributed by atoms with Crippen molar-refractivity contribution in [2.45, 2.75) is 25.2 Å². The zero-order chi connectivity index (χ0) is 18.1. The zero-order valence-electron chi connectivity index (χ0n) is 14.6. The summed E-state index contributed by atoms with van der Waals surface area (Å²) in [6, 6.07) is 16.8. The third-order valence-corrected chi connectivity index (χ3v) is 4.10. The van der Waals surface area contributed by atoms with E-state index in [0.29, 0.717) is 6.42 Å². The lowest BCUT2D eigenvalue weighted by molar-refractivity contribution is -0.121. The third-order valence-electron chi connectivity index (χ3n) is 4.10. The molecule has 0 aliphatic heterocycles. The normalized spacial score (nSPS) is 12.2. The standard InChI is InChI=1S/C20H25NO4/c1-24-20(25-2)13-17-11-7-6-10-16(17)12-19(23)21-18(14-22)15-8-4-3-5-9-15/h3-11,18,20,22H,12-14H2,1-2H3,(H,21,23)/t18-/m1/s1. The lowest BCUT2D eigenvalue weighted by Gasteiger charge is -2.18. The highest BCUT2D eigenvalue weighted by atomic mass is 16.7. The summed E-state index contributed by atoms with van der Waals surface area (Å²) in [5.74, 6) is -0.137. The van der Waals surface area contributed by atoms with Gasteiger partial charge in [0.05, 0.1) is 19.1 Å². The number of carbonyl (C=O) groups is 1. The number of rotatable bonds is 9. The largest absolute Gasteiger partial charge is 0.394 e. The molecular formula is C20H25NO4. The second kappa shape index (κ2) is 9.93. The lowest BCUT2D eigenvalue weighted by Crippen LogP contribution is -2.32. The van der Waals surface area contributed by atoms with Gasteiger partial charge in [-0.05, 0) is 16.7 Å². The summed E-state index contributed by atoms with van der Waals surface area (Å²) >= 11 is 0. The molecule has 0 aromatic heterocycles. The Kier molecular flexibility index (Phi) is 7.60. The molecule has 0 aliphatic rings. The highest BCUT2D eigenvalue weighted by Crippen LogP contribution is 2.16. The predicted octanol–water partition coefficient (Wildman–Crippen LogP) is 2.24. The predicted molar refractivity (Wildman–Crippen MR) is 96.1 cm³/mol. The first kappa shape index (κ1) is 19.1. The molecule has 0 bridgehead atoms. The van der Waals surface area contributed by atoms with Crippen molar-refractivity contribution in [3.8, 4) is 0 Å². The van der Waals surface area contributed by atoms with Crippen LogP contribution in [0.25, 0.3) is 0 Å². The number of ether oxygens (including phenoxy) is 2. The summed E-state index contributed by atoms with van der Waals surface area (Å²) in [7, 11) is 3.18. The van der Waals surface area contributed by atoms with E-state index >= 15 is 0 Å². The lowest BCUT2D eigenvalue weighted by atomic mass is 10.0. The molecule has 2 aromatic carbocycles. The number of hydrogen-bond acceptors (Lipinski definition) is 4. The monoisotopic (exact) mass is 343 g/mol. The maximum atomic E-state index is 12.4. The van der Waals surface area contributed by atoms with Crippen molar-refractivity contribution in [2.75, 3.05) is 20.8 Å². The van der Waals surface area contributed by atoms with Crippen molar-refractivity contribution in [1.29, 1.82) is 0 Å². The van der Waals surface area contributed by atoms with Crippen LogP contribution < -0.4 is 5.32 Å². The summed E-state index contributed by atoms with van der Waals surface area (Å²) < 4.78 is 10.5. The molecule has 5 heteroatoms. The summed E-state index contributed by atoms with van der Waals surface area (Å²) in [5, 5.41) is 12.5. The number of aliphatic hydroxyl groups excluding tert-OH is 1. The molecule has 0 spiro atoms. The van der Waals surface area contributed by atoms with Crippen molar-refractivity contribution in [2.24, 2.45) is 0 Å². The molecule has 25 heavy (non-hydrogen) atoms. The van der Waals surface area contributed by atoms with Gasteiger partial charge >= 0.3 is 0 Å². The van der Waals surface area contributed by atoms with Crippen LogP contribution in [0.5, 0.6) is 0 Å². The maximum absolute atomic E-state index is 12.4. The van der Waals surface area contributed by atoms with Crippen LogP contribution >= 0.6 is 0 Å². The van der Waals surface area contributed by atoms with Gasteiger partial charge in [-0.25, -0.2) is 0 Å². The molecule has 1 atom stereocenters. The van der Waals surface area contributed by atoms with Crippen LogP contribution in [0.3, 0.4) is 0 Å². The Morgan fingerprint density at radius 3 is 2.20 bits per heavy atom. The van der Waals surface area contributed by atoms with E-state index in [9.17, 15) is 9.90 Å². The molecule has 2 rings (SSSR count). The van der Waals surface area contributed by atoms with Crippen molar-refractivity contribution < 1.29 is 19.4 Å². The minimum Gasteiger partial charge on any atom is -0.394 e. The number of nitrogens with one attached hydrogen (secondary N) is 1. The van der Waals surface area contributed by atoms with Crippen LogP contribution in [0.2, 0.25) is 0 Å². The molecule has 0 saturated carbocycles. The summed E-state index contributed by atoms with van der Waals surface area (Å²) in [6.07, 6.45) is 0.455. The SMILES string of the molecule is COC(Cc1ccccc1CC(=O)N[C@H](CO)c1ccccc1)OC. The van der Waals surface area contributed by atoms with Gasteiger partial charge in [0.1, 0.15) is 0 Å². The van der Waals surface area contributed by atoms with Gasteiger partial charge in [-0.3, -0.25) is 4.79 Å². The summed E-state index contributed by atoms with van der Waals surface area (Å²) in [6.45, 7) is -0.146. The quantitative estimate of drug-likeness (QED) is 0.685. The second-order valence-corrected chi connectivity index (χ2v) is 5.76. The van der Waals surface area contributed by atoms with Gasteiger partial charge in [0.25, 0.3) is 0 Å². The molecule has 1 amide bonds. The molecule has 0 saturated heterocycles. The van der Waals surface area contributed by atoms with Gasteiger partial charge in [0.15, 0.2) is 6.29 Å². The van der Waals surface area contributed by atoms with Gasteiger partial charge in [0, 0.05) is 20.6 Å². The van der Waals surface area contributed by atoms with Crippen molar-refractivity contribution in [3.63, 3.8) is 0 Å². The fraction of sp³-hybridized carbons (Fsp3) is 0.350. The first-order chi connectivity index (χ1) is 12.2. The van der Waals surface area contributed by atoms with Gasteiger partial charge < -0.3 is 19.9 Å². The van der Waals surface area contributed by atoms with Crippen molar-refractivity contribution in [3.05, 3.63) is 71.3 Å². The van der Waals surface area contributed by atoms with E-state index in [1.54, 1.807) is 14.2 Å². The van der Waals surface area contributed by atoms with Gasteiger partial charge in [-0.2, -0.15) is 0 Å². The van der Waals surface area contributed by atoms with E-state index in [1.807, 2.05) is 54.6 Å². The maximum Gasteiger partial charge on any atom is 0.224 e. The van der Waals surface area contributed by atoms with Crippen molar-refractivity contribution >= 4 is 5.91 Å². The average Bonchev–Trinajstić information content (AvgIpc) is 2.66. The number of carbonyl (C=O) groups excluding carboxylic acids is 1. The number of benzene rings is 2. The Balaban J connectivity index is 2.05. The Labute approximate surface area is 148 Å². The Morgan fingerprint density at radius 2 is 1.60 bits per heavy atom. The smallest absolute Gasteiger partial charge is 0.224 e. The molecule has 0 heterocycles. The molecule has 0 aliphatic carbocycles. The third kappa shape index (κ3) is 5.67. The van der Waals surface area contributed by atoms with Crippen LogP contribution in [0.4, 0.5) is 0 Å². The van der Waals surface area contributed by atoms with E-state index in [1.165, 1.54) is 0 Å². The highest BCUT2D eigenvalue weighted by Gasteiger charge is 2.16. The minimum atomic E-state index is -0.411. The van der Waals surface area contributed by atoms with E-state index < -0.39 is 6.04 Å². The molecule has 2 N–H and O–H groups in total.